The molecule has 0 saturated carbocycles. The van der Waals surface area contributed by atoms with Crippen molar-refractivity contribution in [1.29, 1.82) is 0 Å². The van der Waals surface area contributed by atoms with Gasteiger partial charge in [-0.25, -0.2) is 18.4 Å². The minimum atomic E-state index is -1.22. The Labute approximate surface area is 319 Å². The van der Waals surface area contributed by atoms with Crippen LogP contribution in [-0.4, -0.2) is 95.2 Å². The molecule has 0 amide bonds. The average molecular weight is 846 g/mol. The molecule has 2 aromatic heterocycles. The Morgan fingerprint density at radius 2 is 1.83 bits per heavy atom. The van der Waals surface area contributed by atoms with Gasteiger partial charge in [0.25, 0.3) is 0 Å². The van der Waals surface area contributed by atoms with Crippen LogP contribution in [0.1, 0.15) is 33.3 Å². The second-order valence-corrected chi connectivity index (χ2v) is 17.0. The number of allylic oxidation sites excluding steroid dienone is 2. The van der Waals surface area contributed by atoms with Gasteiger partial charge in [0.2, 0.25) is 0 Å². The Morgan fingerprint density at radius 3 is 2.49 bits per heavy atom. The van der Waals surface area contributed by atoms with Crippen LogP contribution in [0.3, 0.4) is 0 Å². The van der Waals surface area contributed by atoms with Crippen molar-refractivity contribution in [3.05, 3.63) is 113 Å². The molecule has 53 heavy (non-hydrogen) atoms. The molecule has 2 saturated heterocycles. The van der Waals surface area contributed by atoms with E-state index in [2.05, 4.69) is 68.9 Å². The second-order valence-electron chi connectivity index (χ2n) is 14.2. The van der Waals surface area contributed by atoms with E-state index in [-0.39, 0.29) is 57.6 Å². The quantitative estimate of drug-likeness (QED) is 0.0812. The van der Waals surface area contributed by atoms with Gasteiger partial charge >= 0.3 is 161 Å². The van der Waals surface area contributed by atoms with E-state index in [1.54, 1.807) is 15.6 Å². The van der Waals surface area contributed by atoms with Crippen molar-refractivity contribution in [2.45, 2.75) is 56.6 Å². The molecule has 4 heterocycles. The summed E-state index contributed by atoms with van der Waals surface area (Å²) in [6, 6.07) is 11.5. The standard InChI is InChI=1S/C38H48F2IN8O4/c1-6-29(8-7-19-51-22-35-52-24-38(53-35,23-47-26-42-25-43-47)32-14-9-28(39)20-33(32)40)45-15-17-46(18-16-45)30-10-12-31(13-11-30)48-27-44-49(36(48)50)21-34(41-5)37(2,3)4/h6-14,20,25-27,34-35H,15-19,21-24H2,1-5H3/q-1/b8-7-,29-6+/t34?,35-,38?/m0/s1. The molecule has 6 rings (SSSR count). The molecule has 0 bridgehead atoms. The summed E-state index contributed by atoms with van der Waals surface area (Å²) in [5, 5.41) is 8.56. The number of hydrogen-bond donors (Lipinski definition) is 0. The molecular formula is C38H48F2IN8O4-. The van der Waals surface area contributed by atoms with Crippen molar-refractivity contribution in [2.24, 2.45) is 5.41 Å². The van der Waals surface area contributed by atoms with Gasteiger partial charge in [0.05, 0.1) is 26.4 Å². The molecule has 3 atom stereocenters. The van der Waals surface area contributed by atoms with Gasteiger partial charge in [0.1, 0.15) is 29.9 Å². The Bertz CT molecular complexity index is 1920. The Balaban J connectivity index is 0.972. The number of aromatic nitrogens is 6. The van der Waals surface area contributed by atoms with Crippen LogP contribution in [0, 0.1) is 17.0 Å². The first kappa shape index (κ1) is 38.8. The fraction of sp³-hybridized carbons (Fsp3) is 0.474. The van der Waals surface area contributed by atoms with Crippen molar-refractivity contribution in [2.75, 3.05) is 55.8 Å². The molecule has 12 nitrogen and oxygen atoms in total. The normalized spacial score (nSPS) is 20.6. The van der Waals surface area contributed by atoms with Crippen LogP contribution in [0.2, 0.25) is 0 Å². The summed E-state index contributed by atoms with van der Waals surface area (Å²) < 4.78 is 51.8. The van der Waals surface area contributed by atoms with E-state index in [4.69, 9.17) is 14.2 Å². The van der Waals surface area contributed by atoms with E-state index in [1.165, 1.54) is 29.5 Å². The maximum atomic E-state index is 14.9. The van der Waals surface area contributed by atoms with E-state index < -0.39 is 23.5 Å². The molecule has 0 spiro atoms. The fourth-order valence-corrected chi connectivity index (χ4v) is 9.30. The second kappa shape index (κ2) is 17.0. The molecule has 0 N–H and O–H groups in total. The predicted molar refractivity (Wildman–Crippen MR) is 193 cm³/mol. The number of alkyl halides is 2. The van der Waals surface area contributed by atoms with Gasteiger partial charge in [-0.2, -0.15) is 5.10 Å². The van der Waals surface area contributed by atoms with Gasteiger partial charge in [-0.1, -0.05) is 18.2 Å². The predicted octanol–water partition coefficient (Wildman–Crippen LogP) is 1.60. The van der Waals surface area contributed by atoms with Crippen molar-refractivity contribution >= 4 is 5.69 Å². The van der Waals surface area contributed by atoms with E-state index in [9.17, 15) is 13.6 Å². The number of benzene rings is 2. The van der Waals surface area contributed by atoms with Crippen LogP contribution in [0.25, 0.3) is 5.69 Å². The van der Waals surface area contributed by atoms with E-state index in [1.807, 2.05) is 31.2 Å². The molecule has 0 radical (unpaired) electrons. The van der Waals surface area contributed by atoms with Crippen LogP contribution >= 0.6 is 0 Å². The third-order valence-electron chi connectivity index (χ3n) is 9.63. The zero-order chi connectivity index (χ0) is 37.6. The average Bonchev–Trinajstić information content (AvgIpc) is 3.90. The number of nitrogens with zero attached hydrogens (tertiary/aromatic N) is 8. The SMILES string of the molecule is C/C=C(\C=C/COC[C@H]1OCC(Cn2cncn2)(c2ccc(F)cc2F)O1)N1CCN(c2ccc(-n3cnn(CC([I-]C)C(C)(C)C)c3=O)cc2)CC1. The van der Waals surface area contributed by atoms with Gasteiger partial charge in [-0.05, 0) is 19.1 Å². The van der Waals surface area contributed by atoms with Crippen molar-refractivity contribution in [1.82, 2.24) is 34.0 Å². The van der Waals surface area contributed by atoms with Gasteiger partial charge < -0.3 is 19.1 Å². The molecule has 2 aliphatic rings. The number of ether oxygens (including phenoxy) is 3. The summed E-state index contributed by atoms with van der Waals surface area (Å²) in [7, 11) is 0. The first-order chi connectivity index (χ1) is 25.5. The molecule has 2 aromatic carbocycles. The Morgan fingerprint density at radius 1 is 1.08 bits per heavy atom. The molecule has 2 unspecified atom stereocenters. The number of rotatable bonds is 14. The van der Waals surface area contributed by atoms with Crippen LogP contribution in [0.15, 0.2) is 90.2 Å². The summed E-state index contributed by atoms with van der Waals surface area (Å²) in [6.07, 6.45) is 9.87. The molecule has 286 valence electrons. The third kappa shape index (κ3) is 9.24. The van der Waals surface area contributed by atoms with Crippen LogP contribution in [0.5, 0.6) is 0 Å². The van der Waals surface area contributed by atoms with Crippen LogP contribution < -0.4 is 31.8 Å². The Kier molecular flexibility index (Phi) is 12.5. The van der Waals surface area contributed by atoms with E-state index in [0.717, 1.165) is 49.3 Å². The van der Waals surface area contributed by atoms with Gasteiger partial charge in [0, 0.05) is 17.3 Å². The third-order valence-corrected chi connectivity index (χ3v) is 13.4. The summed E-state index contributed by atoms with van der Waals surface area (Å²) in [6.45, 7) is 13.4. The van der Waals surface area contributed by atoms with Crippen molar-refractivity contribution in [3.63, 3.8) is 0 Å². The Hall–Kier alpha value is -3.93. The van der Waals surface area contributed by atoms with Gasteiger partial charge in [0.15, 0.2) is 6.29 Å². The van der Waals surface area contributed by atoms with Crippen LogP contribution in [-0.2, 0) is 32.9 Å². The van der Waals surface area contributed by atoms with E-state index in [0.29, 0.717) is 17.1 Å². The number of halogens is 3. The molecular weight excluding hydrogens is 797 g/mol. The summed E-state index contributed by atoms with van der Waals surface area (Å²) in [4.78, 5) is 24.1. The number of piperazine rings is 1. The topological polar surface area (TPSA) is 105 Å². The summed E-state index contributed by atoms with van der Waals surface area (Å²) in [5.41, 5.74) is 2.04. The number of anilines is 1. The summed E-state index contributed by atoms with van der Waals surface area (Å²) in [5.74, 6) is -1.39. The van der Waals surface area contributed by atoms with Gasteiger partial charge in [-0.15, -0.1) is 0 Å². The van der Waals surface area contributed by atoms with E-state index >= 15 is 0 Å². The molecule has 2 fully saturated rings. The fourth-order valence-electron chi connectivity index (χ4n) is 6.67. The first-order valence-electron chi connectivity index (χ1n) is 17.7. The molecule has 15 heteroatoms. The van der Waals surface area contributed by atoms with Crippen molar-refractivity contribution in [3.8, 4) is 5.69 Å². The zero-order valence-electron chi connectivity index (χ0n) is 30.9. The summed E-state index contributed by atoms with van der Waals surface area (Å²) >= 11 is -0.0367. The zero-order valence-corrected chi connectivity index (χ0v) is 33.0. The molecule has 4 aromatic rings. The van der Waals surface area contributed by atoms with Gasteiger partial charge in [-0.3, -0.25) is 0 Å². The van der Waals surface area contributed by atoms with Crippen molar-refractivity contribution < 1.29 is 44.2 Å². The maximum absolute atomic E-state index is 14.9. The number of hydrogen-bond acceptors (Lipinski definition) is 9. The minimum absolute atomic E-state index is 0.0367. The monoisotopic (exact) mass is 845 g/mol. The van der Waals surface area contributed by atoms with Crippen LogP contribution in [0.4, 0.5) is 14.5 Å². The first-order valence-corrected chi connectivity index (χ1v) is 21.1. The molecule has 2 aliphatic heterocycles. The molecule has 0 aliphatic carbocycles.